The van der Waals surface area contributed by atoms with E-state index in [1.54, 1.807) is 0 Å². The predicted octanol–water partition coefficient (Wildman–Crippen LogP) is 1.80. The molecule has 1 fully saturated rings. The minimum Gasteiger partial charge on any atom is -0.384 e. The normalized spacial score (nSPS) is 24.6. The SMILES string of the molecule is CC1CN(c2cc(N)nc(C(C)C)n2)C(C)CO1. The lowest BCUT2D eigenvalue weighted by molar-refractivity contribution is 0.0340. The van der Waals surface area contributed by atoms with Gasteiger partial charge in [-0.25, -0.2) is 9.97 Å². The number of hydrogen-bond acceptors (Lipinski definition) is 5. The largest absolute Gasteiger partial charge is 0.384 e. The Balaban J connectivity index is 2.31. The fraction of sp³-hybridized carbons (Fsp3) is 0.692. The van der Waals surface area contributed by atoms with Crippen molar-refractivity contribution in [1.82, 2.24) is 9.97 Å². The van der Waals surface area contributed by atoms with Crippen LogP contribution in [0.25, 0.3) is 0 Å². The molecule has 2 atom stereocenters. The number of nitrogen functional groups attached to an aromatic ring is 1. The van der Waals surface area contributed by atoms with Crippen LogP contribution in [0.5, 0.6) is 0 Å². The zero-order valence-electron chi connectivity index (χ0n) is 11.6. The van der Waals surface area contributed by atoms with E-state index < -0.39 is 0 Å². The summed E-state index contributed by atoms with van der Waals surface area (Å²) in [6.45, 7) is 9.93. The van der Waals surface area contributed by atoms with E-state index in [9.17, 15) is 0 Å². The smallest absolute Gasteiger partial charge is 0.135 e. The highest BCUT2D eigenvalue weighted by atomic mass is 16.5. The van der Waals surface area contributed by atoms with Crippen molar-refractivity contribution in [1.29, 1.82) is 0 Å². The van der Waals surface area contributed by atoms with Gasteiger partial charge < -0.3 is 15.4 Å². The van der Waals surface area contributed by atoms with Crippen molar-refractivity contribution >= 4 is 11.6 Å². The highest BCUT2D eigenvalue weighted by molar-refractivity contribution is 5.48. The van der Waals surface area contributed by atoms with Gasteiger partial charge in [0.05, 0.1) is 18.8 Å². The van der Waals surface area contributed by atoms with Crippen LogP contribution in [0, 0.1) is 0 Å². The van der Waals surface area contributed by atoms with Gasteiger partial charge in [0.1, 0.15) is 17.5 Å². The lowest BCUT2D eigenvalue weighted by atomic mass is 10.2. The first-order valence-corrected chi connectivity index (χ1v) is 6.50. The van der Waals surface area contributed by atoms with Crippen molar-refractivity contribution in [2.24, 2.45) is 0 Å². The quantitative estimate of drug-likeness (QED) is 0.867. The Morgan fingerprint density at radius 1 is 1.39 bits per heavy atom. The Labute approximate surface area is 108 Å². The first-order chi connectivity index (χ1) is 8.47. The molecule has 2 N–H and O–H groups in total. The fourth-order valence-electron chi connectivity index (χ4n) is 2.10. The van der Waals surface area contributed by atoms with Gasteiger partial charge in [0.2, 0.25) is 0 Å². The standard InChI is InChI=1S/C13H22N4O/c1-8(2)13-15-11(14)5-12(16-13)17-6-10(4)18-7-9(17)3/h5,8-10H,6-7H2,1-4H3,(H2,14,15,16). The lowest BCUT2D eigenvalue weighted by Crippen LogP contribution is -2.48. The Kier molecular flexibility index (Phi) is 3.71. The molecule has 1 saturated heterocycles. The summed E-state index contributed by atoms with van der Waals surface area (Å²) in [7, 11) is 0. The van der Waals surface area contributed by atoms with Gasteiger partial charge in [-0.05, 0) is 13.8 Å². The van der Waals surface area contributed by atoms with E-state index in [0.29, 0.717) is 11.9 Å². The van der Waals surface area contributed by atoms with Crippen LogP contribution in [0.4, 0.5) is 11.6 Å². The van der Waals surface area contributed by atoms with Crippen LogP contribution in [-0.2, 0) is 4.74 Å². The van der Waals surface area contributed by atoms with Crippen molar-refractivity contribution in [2.45, 2.75) is 45.8 Å². The molecule has 2 rings (SSSR count). The molecule has 1 aliphatic heterocycles. The van der Waals surface area contributed by atoms with E-state index >= 15 is 0 Å². The molecule has 1 aromatic heterocycles. The molecule has 2 heterocycles. The van der Waals surface area contributed by atoms with E-state index in [4.69, 9.17) is 10.5 Å². The second kappa shape index (κ2) is 5.10. The fourth-order valence-corrected chi connectivity index (χ4v) is 2.10. The Bertz CT molecular complexity index is 421. The maximum Gasteiger partial charge on any atom is 0.135 e. The Hall–Kier alpha value is -1.36. The number of ether oxygens (including phenoxy) is 1. The number of aromatic nitrogens is 2. The monoisotopic (exact) mass is 250 g/mol. The zero-order valence-corrected chi connectivity index (χ0v) is 11.6. The summed E-state index contributed by atoms with van der Waals surface area (Å²) in [5.41, 5.74) is 5.87. The number of hydrogen-bond donors (Lipinski definition) is 1. The molecular weight excluding hydrogens is 228 g/mol. The topological polar surface area (TPSA) is 64.3 Å². The zero-order chi connectivity index (χ0) is 13.3. The van der Waals surface area contributed by atoms with Crippen molar-refractivity contribution in [3.05, 3.63) is 11.9 Å². The summed E-state index contributed by atoms with van der Waals surface area (Å²) in [5, 5.41) is 0. The summed E-state index contributed by atoms with van der Waals surface area (Å²) in [6, 6.07) is 2.16. The van der Waals surface area contributed by atoms with Gasteiger partial charge in [-0.1, -0.05) is 13.8 Å². The number of anilines is 2. The van der Waals surface area contributed by atoms with Crippen molar-refractivity contribution in [3.63, 3.8) is 0 Å². The van der Waals surface area contributed by atoms with Gasteiger partial charge in [-0.15, -0.1) is 0 Å². The maximum absolute atomic E-state index is 5.87. The van der Waals surface area contributed by atoms with E-state index in [2.05, 4.69) is 42.6 Å². The van der Waals surface area contributed by atoms with Crippen molar-refractivity contribution in [2.75, 3.05) is 23.8 Å². The molecule has 5 nitrogen and oxygen atoms in total. The summed E-state index contributed by atoms with van der Waals surface area (Å²) >= 11 is 0. The highest BCUT2D eigenvalue weighted by Gasteiger charge is 2.25. The molecule has 1 aromatic rings. The van der Waals surface area contributed by atoms with E-state index in [1.807, 2.05) is 6.07 Å². The molecule has 0 bridgehead atoms. The van der Waals surface area contributed by atoms with Crippen LogP contribution in [0.3, 0.4) is 0 Å². The average Bonchev–Trinajstić information content (AvgIpc) is 2.31. The molecule has 0 radical (unpaired) electrons. The van der Waals surface area contributed by atoms with E-state index in [0.717, 1.165) is 24.8 Å². The van der Waals surface area contributed by atoms with Crippen LogP contribution in [0.1, 0.15) is 39.4 Å². The van der Waals surface area contributed by atoms with Gasteiger partial charge in [0.15, 0.2) is 0 Å². The van der Waals surface area contributed by atoms with Crippen LogP contribution < -0.4 is 10.6 Å². The number of rotatable bonds is 2. The first-order valence-electron chi connectivity index (χ1n) is 6.50. The second-order valence-electron chi connectivity index (χ2n) is 5.31. The first kappa shape index (κ1) is 13.1. The van der Waals surface area contributed by atoms with Crippen molar-refractivity contribution < 1.29 is 4.74 Å². The van der Waals surface area contributed by atoms with E-state index in [1.165, 1.54) is 0 Å². The molecule has 100 valence electrons. The summed E-state index contributed by atoms with van der Waals surface area (Å²) < 4.78 is 5.63. The second-order valence-corrected chi connectivity index (χ2v) is 5.31. The summed E-state index contributed by atoms with van der Waals surface area (Å²) in [6.07, 6.45) is 0.222. The van der Waals surface area contributed by atoms with Crippen LogP contribution in [-0.4, -0.2) is 35.3 Å². The van der Waals surface area contributed by atoms with Gasteiger partial charge in [0, 0.05) is 18.5 Å². The third-order valence-electron chi connectivity index (χ3n) is 3.17. The summed E-state index contributed by atoms with van der Waals surface area (Å²) in [5.74, 6) is 2.53. The molecule has 0 spiro atoms. The minimum atomic E-state index is 0.222. The maximum atomic E-state index is 5.87. The molecular formula is C13H22N4O. The van der Waals surface area contributed by atoms with Crippen LogP contribution in [0.15, 0.2) is 6.07 Å². The minimum absolute atomic E-state index is 0.222. The van der Waals surface area contributed by atoms with E-state index in [-0.39, 0.29) is 12.0 Å². The molecule has 0 aromatic carbocycles. The molecule has 2 unspecified atom stereocenters. The third-order valence-corrected chi connectivity index (χ3v) is 3.17. The van der Waals surface area contributed by atoms with Gasteiger partial charge in [-0.2, -0.15) is 0 Å². The molecule has 0 saturated carbocycles. The Morgan fingerprint density at radius 3 is 2.78 bits per heavy atom. The van der Waals surface area contributed by atoms with Crippen LogP contribution >= 0.6 is 0 Å². The van der Waals surface area contributed by atoms with Crippen LogP contribution in [0.2, 0.25) is 0 Å². The van der Waals surface area contributed by atoms with Gasteiger partial charge >= 0.3 is 0 Å². The number of nitrogens with two attached hydrogens (primary N) is 1. The molecule has 18 heavy (non-hydrogen) atoms. The molecule has 5 heteroatoms. The number of nitrogens with zero attached hydrogens (tertiary/aromatic N) is 3. The lowest BCUT2D eigenvalue weighted by Gasteiger charge is -2.37. The Morgan fingerprint density at radius 2 is 2.11 bits per heavy atom. The summed E-state index contributed by atoms with van der Waals surface area (Å²) in [4.78, 5) is 11.1. The average molecular weight is 250 g/mol. The highest BCUT2D eigenvalue weighted by Crippen LogP contribution is 2.23. The molecule has 1 aliphatic rings. The third kappa shape index (κ3) is 2.72. The van der Waals surface area contributed by atoms with Crippen molar-refractivity contribution in [3.8, 4) is 0 Å². The van der Waals surface area contributed by atoms with Gasteiger partial charge in [0.25, 0.3) is 0 Å². The molecule has 0 amide bonds. The molecule has 0 aliphatic carbocycles. The number of morpholine rings is 1. The predicted molar refractivity (Wildman–Crippen MR) is 72.8 cm³/mol. The van der Waals surface area contributed by atoms with Gasteiger partial charge in [-0.3, -0.25) is 0 Å².